The summed E-state index contributed by atoms with van der Waals surface area (Å²) < 4.78 is 0. The number of allylic oxidation sites excluding steroid dienone is 3. The molecule has 0 aliphatic carbocycles. The smallest absolute Gasteiger partial charge is 0.0645 e. The Kier molecular flexibility index (Phi) is 23.2. The average Bonchev–Trinajstić information content (AvgIpc) is 2.23. The minimum Gasteiger partial charge on any atom is -0.264 e. The van der Waals surface area contributed by atoms with E-state index in [-0.39, 0.29) is 0 Å². The molecule has 0 unspecified atom stereocenters. The van der Waals surface area contributed by atoms with Crippen LogP contribution < -0.4 is 0 Å². The Morgan fingerprint density at radius 1 is 1.14 bits per heavy atom. The molecular formula is C13H23N. The van der Waals surface area contributed by atoms with Gasteiger partial charge in [-0.05, 0) is 26.1 Å². The molecular weight excluding hydrogens is 170 g/mol. The topological polar surface area (TPSA) is 12.4 Å². The zero-order chi connectivity index (χ0) is 12.0. The minimum atomic E-state index is 0.796. The molecule has 0 aromatic carbocycles. The molecule has 80 valence electrons. The van der Waals surface area contributed by atoms with E-state index in [1.807, 2.05) is 33.8 Å². The number of hydrogen-bond acceptors (Lipinski definition) is 1. The van der Waals surface area contributed by atoms with Crippen LogP contribution in [0.5, 0.6) is 0 Å². The van der Waals surface area contributed by atoms with E-state index < -0.39 is 0 Å². The van der Waals surface area contributed by atoms with Crippen LogP contribution in [-0.4, -0.2) is 6.72 Å². The van der Waals surface area contributed by atoms with Crippen LogP contribution in [0.15, 0.2) is 54.2 Å². The summed E-state index contributed by atoms with van der Waals surface area (Å²) in [5.41, 5.74) is 1.61. The maximum atomic E-state index is 3.72. The second-order valence-corrected chi connectivity index (χ2v) is 1.97. The van der Waals surface area contributed by atoms with Crippen molar-refractivity contribution >= 4 is 6.72 Å². The molecule has 0 bridgehead atoms. The molecule has 0 amide bonds. The van der Waals surface area contributed by atoms with Gasteiger partial charge in [0.2, 0.25) is 0 Å². The van der Waals surface area contributed by atoms with Crippen molar-refractivity contribution < 1.29 is 0 Å². The quantitative estimate of drug-likeness (QED) is 0.354. The Bertz CT molecular complexity index is 197. The van der Waals surface area contributed by atoms with Gasteiger partial charge in [0.05, 0.1) is 5.70 Å². The van der Waals surface area contributed by atoms with E-state index in [1.165, 1.54) is 0 Å². The Morgan fingerprint density at radius 2 is 1.50 bits per heavy atom. The van der Waals surface area contributed by atoms with Gasteiger partial charge >= 0.3 is 0 Å². The SMILES string of the molecule is C=CC.C=CC(=C)/C(=C\C)N=C.CC. The fraction of sp³-hybridized carbons (Fsp3) is 0.308. The Morgan fingerprint density at radius 3 is 1.57 bits per heavy atom. The molecule has 0 radical (unpaired) electrons. The number of nitrogens with zero attached hydrogens (tertiary/aromatic N) is 1. The third kappa shape index (κ3) is 13.2. The second kappa shape index (κ2) is 17.6. The van der Waals surface area contributed by atoms with Crippen LogP contribution in [0, 0.1) is 0 Å². The van der Waals surface area contributed by atoms with Crippen molar-refractivity contribution in [3.8, 4) is 0 Å². The normalized spacial score (nSPS) is 8.14. The van der Waals surface area contributed by atoms with E-state index >= 15 is 0 Å². The van der Waals surface area contributed by atoms with Crippen molar-refractivity contribution in [3.63, 3.8) is 0 Å². The van der Waals surface area contributed by atoms with Gasteiger partial charge in [-0.15, -0.1) is 6.58 Å². The first kappa shape index (κ1) is 18.4. The summed E-state index contributed by atoms with van der Waals surface area (Å²) in [5.74, 6) is 0. The highest BCUT2D eigenvalue weighted by atomic mass is 14.7. The number of rotatable bonds is 3. The van der Waals surface area contributed by atoms with Crippen LogP contribution >= 0.6 is 0 Å². The summed E-state index contributed by atoms with van der Waals surface area (Å²) in [7, 11) is 0. The monoisotopic (exact) mass is 193 g/mol. The predicted molar refractivity (Wildman–Crippen MR) is 69.9 cm³/mol. The van der Waals surface area contributed by atoms with Crippen LogP contribution in [0.25, 0.3) is 0 Å². The maximum Gasteiger partial charge on any atom is 0.0645 e. The second-order valence-electron chi connectivity index (χ2n) is 1.97. The zero-order valence-corrected chi connectivity index (χ0v) is 10.0. The first-order chi connectivity index (χ1) is 6.67. The van der Waals surface area contributed by atoms with Crippen LogP contribution in [0.3, 0.4) is 0 Å². The number of hydrogen-bond donors (Lipinski definition) is 0. The maximum absolute atomic E-state index is 3.72. The molecule has 0 atom stereocenters. The van der Waals surface area contributed by atoms with Crippen molar-refractivity contribution in [3.05, 3.63) is 49.2 Å². The fourth-order valence-electron chi connectivity index (χ4n) is 0.483. The Balaban J connectivity index is -0.000000205. The van der Waals surface area contributed by atoms with Gasteiger partial charge in [-0.25, -0.2) is 0 Å². The van der Waals surface area contributed by atoms with Crippen LogP contribution in [0.4, 0.5) is 0 Å². The van der Waals surface area contributed by atoms with E-state index in [0.29, 0.717) is 0 Å². The summed E-state index contributed by atoms with van der Waals surface area (Å²) in [6.07, 6.45) is 5.25. The molecule has 0 aromatic rings. The van der Waals surface area contributed by atoms with Gasteiger partial charge in [0, 0.05) is 0 Å². The van der Waals surface area contributed by atoms with E-state index in [1.54, 1.807) is 12.2 Å². The van der Waals surface area contributed by atoms with Gasteiger partial charge in [0.25, 0.3) is 0 Å². The lowest BCUT2D eigenvalue weighted by molar-refractivity contribution is 1.35. The molecule has 0 aromatic heterocycles. The van der Waals surface area contributed by atoms with Gasteiger partial charge in [-0.1, -0.05) is 45.2 Å². The highest BCUT2D eigenvalue weighted by Crippen LogP contribution is 2.07. The van der Waals surface area contributed by atoms with Crippen molar-refractivity contribution in [1.82, 2.24) is 0 Å². The van der Waals surface area contributed by atoms with Gasteiger partial charge in [0.15, 0.2) is 0 Å². The third-order valence-corrected chi connectivity index (χ3v) is 1.02. The fourth-order valence-corrected chi connectivity index (χ4v) is 0.483. The Labute approximate surface area is 89.3 Å². The lowest BCUT2D eigenvalue weighted by Crippen LogP contribution is -1.77. The van der Waals surface area contributed by atoms with Crippen molar-refractivity contribution in [2.24, 2.45) is 4.99 Å². The summed E-state index contributed by atoms with van der Waals surface area (Å²) in [5, 5.41) is 0. The first-order valence-corrected chi connectivity index (χ1v) is 4.69. The van der Waals surface area contributed by atoms with E-state index in [2.05, 4.69) is 31.4 Å². The summed E-state index contributed by atoms with van der Waals surface area (Å²) in [4.78, 5) is 3.72. The minimum absolute atomic E-state index is 0.796. The molecule has 0 N–H and O–H groups in total. The molecule has 14 heavy (non-hydrogen) atoms. The Hall–Kier alpha value is -1.37. The van der Waals surface area contributed by atoms with Gasteiger partial charge in [-0.3, -0.25) is 4.99 Å². The van der Waals surface area contributed by atoms with Gasteiger partial charge in [0.1, 0.15) is 0 Å². The molecule has 0 heterocycles. The summed E-state index contributed by atoms with van der Waals surface area (Å²) in [6.45, 7) is 21.8. The molecule has 0 fully saturated rings. The zero-order valence-electron chi connectivity index (χ0n) is 10.0. The summed E-state index contributed by atoms with van der Waals surface area (Å²) in [6, 6.07) is 0. The molecule has 0 saturated carbocycles. The third-order valence-electron chi connectivity index (χ3n) is 1.02. The van der Waals surface area contributed by atoms with Crippen LogP contribution in [-0.2, 0) is 0 Å². The lowest BCUT2D eigenvalue weighted by Gasteiger charge is -1.95. The van der Waals surface area contributed by atoms with Crippen LogP contribution in [0.2, 0.25) is 0 Å². The molecule has 0 aliphatic heterocycles. The molecule has 1 heteroatoms. The molecule has 0 aliphatic rings. The molecule has 0 spiro atoms. The van der Waals surface area contributed by atoms with Gasteiger partial charge < -0.3 is 0 Å². The predicted octanol–water partition coefficient (Wildman–Crippen LogP) is 4.55. The van der Waals surface area contributed by atoms with E-state index in [0.717, 1.165) is 11.3 Å². The molecule has 1 nitrogen and oxygen atoms in total. The van der Waals surface area contributed by atoms with E-state index in [9.17, 15) is 0 Å². The van der Waals surface area contributed by atoms with Gasteiger partial charge in [-0.2, -0.15) is 0 Å². The average molecular weight is 193 g/mol. The van der Waals surface area contributed by atoms with E-state index in [4.69, 9.17) is 0 Å². The molecule has 0 rings (SSSR count). The summed E-state index contributed by atoms with van der Waals surface area (Å²) >= 11 is 0. The number of aliphatic imine (C=N–C) groups is 1. The molecule has 0 saturated heterocycles. The highest BCUT2D eigenvalue weighted by molar-refractivity contribution is 5.41. The standard InChI is InChI=1S/C8H11N.C3H6.C2H6/c1-5-7(3)8(6-2)9-4;1-3-2;1-2/h5-6H,1,3-4H2,2H3;3H,1H2,2H3;1-2H3/b8-6+;;. The van der Waals surface area contributed by atoms with Crippen molar-refractivity contribution in [2.75, 3.05) is 0 Å². The van der Waals surface area contributed by atoms with Crippen molar-refractivity contribution in [2.45, 2.75) is 27.7 Å². The lowest BCUT2D eigenvalue weighted by atomic mass is 10.2. The largest absolute Gasteiger partial charge is 0.264 e. The van der Waals surface area contributed by atoms with Crippen LogP contribution in [0.1, 0.15) is 27.7 Å². The first-order valence-electron chi connectivity index (χ1n) is 4.69. The highest BCUT2D eigenvalue weighted by Gasteiger charge is 1.89. The van der Waals surface area contributed by atoms with Crippen molar-refractivity contribution in [1.29, 1.82) is 0 Å².